The Morgan fingerprint density at radius 3 is 2.58 bits per heavy atom. The first-order valence-electron chi connectivity index (χ1n) is 10.0. The number of para-hydroxylation sites is 1. The van der Waals surface area contributed by atoms with Crippen LogP contribution in [-0.2, 0) is 0 Å². The van der Waals surface area contributed by atoms with Gasteiger partial charge in [-0.25, -0.2) is 9.97 Å². The number of hydrogen-bond acceptors (Lipinski definition) is 8. The van der Waals surface area contributed by atoms with Crippen LogP contribution in [0.5, 0.6) is 11.5 Å². The molecular weight excluding hydrogens is 450 g/mol. The zero-order valence-corrected chi connectivity index (χ0v) is 18.7. The lowest BCUT2D eigenvalue weighted by Crippen LogP contribution is -2.04. The van der Waals surface area contributed by atoms with Gasteiger partial charge >= 0.3 is 0 Å². The van der Waals surface area contributed by atoms with Crippen LogP contribution >= 0.6 is 23.1 Å². The molecule has 8 heteroatoms. The van der Waals surface area contributed by atoms with E-state index in [2.05, 4.69) is 17.1 Å². The minimum Gasteiger partial charge on any atom is -0.455 e. The summed E-state index contributed by atoms with van der Waals surface area (Å²) in [4.78, 5) is 12.3. The van der Waals surface area contributed by atoms with Gasteiger partial charge in [0, 0.05) is 16.0 Å². The van der Waals surface area contributed by atoms with Crippen molar-refractivity contribution in [3.8, 4) is 39.3 Å². The number of nitrogens with zero attached hydrogens (tertiary/aromatic N) is 3. The molecule has 0 fully saturated rings. The standard InChI is InChI=1S/C25H15N5OS2/c26-12-15-23(27)22-14(19-6-3-9-32-19)11-16(29-25(22)30-24(15)28)13-7-8-18-21(10-13)33-20-5-2-1-4-17(20)31-18/h1-11H,(H4,27,28,29,30). The number of nitriles is 1. The highest BCUT2D eigenvalue weighted by Crippen LogP contribution is 2.48. The fourth-order valence-corrected chi connectivity index (χ4v) is 5.63. The molecule has 0 amide bonds. The van der Waals surface area contributed by atoms with Gasteiger partial charge in [0.15, 0.2) is 5.65 Å². The Bertz CT molecular complexity index is 1610. The van der Waals surface area contributed by atoms with Crippen LogP contribution in [0.15, 0.2) is 75.8 Å². The molecule has 158 valence electrons. The van der Waals surface area contributed by atoms with Gasteiger partial charge < -0.3 is 16.2 Å². The second-order valence-electron chi connectivity index (χ2n) is 7.44. The van der Waals surface area contributed by atoms with E-state index in [-0.39, 0.29) is 11.4 Å². The third-order valence-electron chi connectivity index (χ3n) is 5.45. The van der Waals surface area contributed by atoms with E-state index in [0.29, 0.717) is 16.7 Å². The van der Waals surface area contributed by atoms with Crippen molar-refractivity contribution in [2.24, 2.45) is 0 Å². The lowest BCUT2D eigenvalue weighted by atomic mass is 10.0. The van der Waals surface area contributed by atoms with E-state index < -0.39 is 0 Å². The van der Waals surface area contributed by atoms with Gasteiger partial charge in [0.1, 0.15) is 28.9 Å². The van der Waals surface area contributed by atoms with Crippen molar-refractivity contribution >= 4 is 45.6 Å². The number of pyridine rings is 2. The third kappa shape index (κ3) is 3.18. The predicted molar refractivity (Wildman–Crippen MR) is 132 cm³/mol. The molecule has 6 rings (SSSR count). The van der Waals surface area contributed by atoms with E-state index in [1.165, 1.54) is 0 Å². The van der Waals surface area contributed by atoms with Gasteiger partial charge in [-0.15, -0.1) is 11.3 Å². The summed E-state index contributed by atoms with van der Waals surface area (Å²) in [5.41, 5.74) is 15.8. The SMILES string of the molecule is N#Cc1c(N)nc2nc(-c3ccc4c(c3)Sc3ccccc3O4)cc(-c3cccs3)c2c1N. The molecule has 0 bridgehead atoms. The van der Waals surface area contributed by atoms with Crippen LogP contribution in [-0.4, -0.2) is 9.97 Å². The zero-order valence-electron chi connectivity index (χ0n) is 17.1. The molecule has 0 aliphatic carbocycles. The molecule has 0 radical (unpaired) electrons. The Hall–Kier alpha value is -4.06. The van der Waals surface area contributed by atoms with Gasteiger partial charge in [-0.05, 0) is 47.8 Å². The number of hydrogen-bond donors (Lipinski definition) is 2. The number of anilines is 2. The molecule has 0 saturated carbocycles. The van der Waals surface area contributed by atoms with Gasteiger partial charge in [0.25, 0.3) is 0 Å². The Kier molecular flexibility index (Phi) is 4.47. The molecule has 0 unspecified atom stereocenters. The van der Waals surface area contributed by atoms with E-state index in [1.807, 2.05) is 60.0 Å². The second kappa shape index (κ2) is 7.52. The number of ether oxygens (including phenoxy) is 1. The van der Waals surface area contributed by atoms with E-state index in [4.69, 9.17) is 21.2 Å². The second-order valence-corrected chi connectivity index (χ2v) is 9.47. The summed E-state index contributed by atoms with van der Waals surface area (Å²) in [5.74, 6) is 1.75. The maximum Gasteiger partial charge on any atom is 0.164 e. The molecule has 5 aromatic rings. The van der Waals surface area contributed by atoms with E-state index in [9.17, 15) is 5.26 Å². The van der Waals surface area contributed by atoms with Crippen LogP contribution in [0, 0.1) is 11.3 Å². The molecule has 1 aliphatic rings. The molecule has 33 heavy (non-hydrogen) atoms. The molecule has 0 spiro atoms. The van der Waals surface area contributed by atoms with Gasteiger partial charge in [-0.1, -0.05) is 30.0 Å². The van der Waals surface area contributed by atoms with E-state index >= 15 is 0 Å². The van der Waals surface area contributed by atoms with Crippen molar-refractivity contribution < 1.29 is 4.74 Å². The number of rotatable bonds is 2. The molecule has 0 saturated heterocycles. The van der Waals surface area contributed by atoms with Gasteiger partial charge in [-0.2, -0.15) is 5.26 Å². The molecule has 6 nitrogen and oxygen atoms in total. The summed E-state index contributed by atoms with van der Waals surface area (Å²) in [6, 6.07) is 22.0. The molecule has 4 N–H and O–H groups in total. The van der Waals surface area contributed by atoms with Crippen molar-refractivity contribution in [3.63, 3.8) is 0 Å². The van der Waals surface area contributed by atoms with Crippen LogP contribution in [0.4, 0.5) is 11.5 Å². The summed E-state index contributed by atoms with van der Waals surface area (Å²) < 4.78 is 6.06. The first-order chi connectivity index (χ1) is 16.1. The van der Waals surface area contributed by atoms with Crippen LogP contribution in [0.3, 0.4) is 0 Å². The van der Waals surface area contributed by atoms with Crippen LogP contribution < -0.4 is 16.2 Å². The monoisotopic (exact) mass is 465 g/mol. The van der Waals surface area contributed by atoms with Crippen molar-refractivity contribution in [1.82, 2.24) is 9.97 Å². The average Bonchev–Trinajstić information content (AvgIpc) is 3.37. The van der Waals surface area contributed by atoms with Crippen molar-refractivity contribution in [3.05, 3.63) is 71.6 Å². The summed E-state index contributed by atoms with van der Waals surface area (Å²) in [5, 5.41) is 12.1. The topological polar surface area (TPSA) is 111 Å². The van der Waals surface area contributed by atoms with Gasteiger partial charge in [0.2, 0.25) is 0 Å². The highest BCUT2D eigenvalue weighted by molar-refractivity contribution is 7.99. The summed E-state index contributed by atoms with van der Waals surface area (Å²) in [6.07, 6.45) is 0. The number of benzene rings is 2. The molecule has 4 heterocycles. The number of nitrogens with two attached hydrogens (primary N) is 2. The third-order valence-corrected chi connectivity index (χ3v) is 7.45. The Balaban J connectivity index is 1.55. The summed E-state index contributed by atoms with van der Waals surface area (Å²) in [6.45, 7) is 0. The van der Waals surface area contributed by atoms with Crippen LogP contribution in [0.2, 0.25) is 0 Å². The number of thiophene rings is 1. The predicted octanol–water partition coefficient (Wildman–Crippen LogP) is 6.32. The highest BCUT2D eigenvalue weighted by atomic mass is 32.2. The maximum atomic E-state index is 9.51. The summed E-state index contributed by atoms with van der Waals surface area (Å²) >= 11 is 3.25. The van der Waals surface area contributed by atoms with Gasteiger partial charge in [0.05, 0.1) is 26.6 Å². The Morgan fingerprint density at radius 2 is 1.76 bits per heavy atom. The largest absolute Gasteiger partial charge is 0.455 e. The maximum absolute atomic E-state index is 9.51. The zero-order chi connectivity index (χ0) is 22.5. The molecular formula is C25H15N5OS2. The molecule has 0 atom stereocenters. The highest BCUT2D eigenvalue weighted by Gasteiger charge is 2.21. The van der Waals surface area contributed by atoms with E-state index in [0.717, 1.165) is 43.0 Å². The van der Waals surface area contributed by atoms with Crippen molar-refractivity contribution in [2.75, 3.05) is 11.5 Å². The Labute approximate surface area is 197 Å². The fourth-order valence-electron chi connectivity index (χ4n) is 3.89. The summed E-state index contributed by atoms with van der Waals surface area (Å²) in [7, 11) is 0. The van der Waals surface area contributed by atoms with Crippen LogP contribution in [0.25, 0.3) is 32.7 Å². The Morgan fingerprint density at radius 1 is 0.909 bits per heavy atom. The van der Waals surface area contributed by atoms with E-state index in [1.54, 1.807) is 23.1 Å². The average molecular weight is 466 g/mol. The minimum atomic E-state index is 0.0790. The van der Waals surface area contributed by atoms with Crippen LogP contribution in [0.1, 0.15) is 5.56 Å². The van der Waals surface area contributed by atoms with Crippen molar-refractivity contribution in [2.45, 2.75) is 9.79 Å². The number of nitrogen functional groups attached to an aromatic ring is 2. The lowest BCUT2D eigenvalue weighted by Gasteiger charge is -2.20. The molecule has 3 aromatic heterocycles. The quantitative estimate of drug-likeness (QED) is 0.308. The number of aromatic nitrogens is 2. The minimum absolute atomic E-state index is 0.0790. The number of fused-ring (bicyclic) bond motifs is 3. The van der Waals surface area contributed by atoms with Gasteiger partial charge in [-0.3, -0.25) is 0 Å². The fraction of sp³-hybridized carbons (Fsp3) is 0. The van der Waals surface area contributed by atoms with Crippen molar-refractivity contribution in [1.29, 1.82) is 5.26 Å². The molecule has 1 aliphatic heterocycles. The first kappa shape index (κ1) is 19.6. The first-order valence-corrected chi connectivity index (χ1v) is 11.7. The normalized spacial score (nSPS) is 12.0. The molecule has 2 aromatic carbocycles. The smallest absolute Gasteiger partial charge is 0.164 e. The lowest BCUT2D eigenvalue weighted by molar-refractivity contribution is 0.454.